The quantitative estimate of drug-likeness (QED) is 0.246. The molecule has 3 aromatic carbocycles. The number of aliphatic carboxylic acids is 1. The van der Waals surface area contributed by atoms with Gasteiger partial charge in [-0.3, -0.25) is 9.59 Å². The number of H-pyrrole nitrogens is 2. The first-order chi connectivity index (χ1) is 17.0. The van der Waals surface area contributed by atoms with Crippen molar-refractivity contribution in [3.63, 3.8) is 0 Å². The third-order valence-electron chi connectivity index (χ3n) is 6.53. The minimum absolute atomic E-state index is 0.0696. The van der Waals surface area contributed by atoms with Crippen LogP contribution in [0.1, 0.15) is 40.3 Å². The Balaban J connectivity index is 1.42. The Hall–Kier alpha value is -4.32. The third-order valence-corrected chi connectivity index (χ3v) is 6.53. The monoisotopic (exact) mass is 465 g/mol. The van der Waals surface area contributed by atoms with E-state index in [2.05, 4.69) is 40.4 Å². The molecule has 0 bridgehead atoms. The summed E-state index contributed by atoms with van der Waals surface area (Å²) in [6, 6.07) is 21.8. The van der Waals surface area contributed by atoms with Crippen molar-refractivity contribution in [1.82, 2.24) is 15.3 Å². The van der Waals surface area contributed by atoms with Gasteiger partial charge in [0.05, 0.1) is 18.0 Å². The number of aromatic amines is 2. The number of carbonyl (C=O) groups is 2. The van der Waals surface area contributed by atoms with Gasteiger partial charge in [0.25, 0.3) is 0 Å². The fourth-order valence-electron chi connectivity index (χ4n) is 4.73. The second-order valence-corrected chi connectivity index (χ2v) is 8.91. The maximum atomic E-state index is 13.3. The zero-order valence-electron chi connectivity index (χ0n) is 19.5. The van der Waals surface area contributed by atoms with E-state index < -0.39 is 5.97 Å². The highest BCUT2D eigenvalue weighted by Crippen LogP contribution is 2.30. The van der Waals surface area contributed by atoms with Crippen LogP contribution in [0.4, 0.5) is 0 Å². The standard InChI is InChI=1S/C29H27N3O3/c1-18-7-10-23(29-22(18)13-14-30-29)28(20-5-3-2-4-6-20)32-26(33)16-19-8-11-25-24(15-19)21(17-31-25)9-12-27(34)35/h2-8,10-11,13-15,17,28,30-31H,9,12,16H2,1H3,(H,32,33)(H,34,35). The number of benzene rings is 3. The molecule has 5 rings (SSSR count). The molecule has 1 atom stereocenters. The lowest BCUT2D eigenvalue weighted by atomic mass is 9.95. The number of carbonyl (C=O) groups excluding carboxylic acids is 1. The number of nitrogens with one attached hydrogen (secondary N) is 3. The van der Waals surface area contributed by atoms with Gasteiger partial charge in [-0.2, -0.15) is 0 Å². The van der Waals surface area contributed by atoms with Crippen molar-refractivity contribution in [3.8, 4) is 0 Å². The summed E-state index contributed by atoms with van der Waals surface area (Å²) < 4.78 is 0. The average molecular weight is 466 g/mol. The van der Waals surface area contributed by atoms with Crippen molar-refractivity contribution in [2.45, 2.75) is 32.2 Å². The fraction of sp³-hybridized carbons (Fsp3) is 0.172. The third kappa shape index (κ3) is 4.68. The molecule has 0 aliphatic rings. The van der Waals surface area contributed by atoms with Gasteiger partial charge in [0, 0.05) is 40.7 Å². The van der Waals surface area contributed by atoms with Crippen molar-refractivity contribution in [3.05, 3.63) is 107 Å². The molecule has 0 fully saturated rings. The molecule has 0 saturated carbocycles. The topological polar surface area (TPSA) is 98.0 Å². The van der Waals surface area contributed by atoms with Crippen molar-refractivity contribution in [1.29, 1.82) is 0 Å². The van der Waals surface area contributed by atoms with E-state index >= 15 is 0 Å². The van der Waals surface area contributed by atoms with Crippen LogP contribution < -0.4 is 5.32 Å². The minimum Gasteiger partial charge on any atom is -0.481 e. The molecule has 2 aromatic heterocycles. The van der Waals surface area contributed by atoms with E-state index in [1.165, 1.54) is 5.56 Å². The van der Waals surface area contributed by atoms with E-state index in [9.17, 15) is 9.59 Å². The predicted molar refractivity (Wildman–Crippen MR) is 137 cm³/mol. The smallest absolute Gasteiger partial charge is 0.303 e. The normalized spacial score (nSPS) is 12.1. The first-order valence-electron chi connectivity index (χ1n) is 11.7. The lowest BCUT2D eigenvalue weighted by Gasteiger charge is -2.21. The molecule has 35 heavy (non-hydrogen) atoms. The molecule has 4 N–H and O–H groups in total. The molecule has 5 aromatic rings. The number of fused-ring (bicyclic) bond motifs is 2. The van der Waals surface area contributed by atoms with Crippen LogP contribution >= 0.6 is 0 Å². The summed E-state index contributed by atoms with van der Waals surface area (Å²) in [5, 5.41) is 14.4. The minimum atomic E-state index is -0.825. The summed E-state index contributed by atoms with van der Waals surface area (Å²) in [7, 11) is 0. The van der Waals surface area contributed by atoms with Crippen LogP contribution in [0.15, 0.2) is 79.1 Å². The molecular formula is C29H27N3O3. The number of aromatic nitrogens is 2. The van der Waals surface area contributed by atoms with Crippen LogP contribution in [-0.4, -0.2) is 27.0 Å². The molecular weight excluding hydrogens is 438 g/mol. The van der Waals surface area contributed by atoms with Gasteiger partial charge in [0.1, 0.15) is 0 Å². The van der Waals surface area contributed by atoms with Gasteiger partial charge in [0.2, 0.25) is 5.91 Å². The van der Waals surface area contributed by atoms with Crippen LogP contribution in [-0.2, 0) is 22.4 Å². The first-order valence-corrected chi connectivity index (χ1v) is 11.7. The Kier molecular flexibility index (Phi) is 6.10. The average Bonchev–Trinajstić information content (AvgIpc) is 3.50. The number of carboxylic acids is 1. The van der Waals surface area contributed by atoms with Crippen LogP contribution in [0, 0.1) is 6.92 Å². The Morgan fingerprint density at radius 3 is 2.60 bits per heavy atom. The largest absolute Gasteiger partial charge is 0.481 e. The van der Waals surface area contributed by atoms with Gasteiger partial charge >= 0.3 is 5.97 Å². The van der Waals surface area contributed by atoms with Gasteiger partial charge in [-0.25, -0.2) is 0 Å². The maximum absolute atomic E-state index is 13.3. The summed E-state index contributed by atoms with van der Waals surface area (Å²) in [5.41, 5.74) is 7.00. The van der Waals surface area contributed by atoms with Crippen LogP contribution in [0.3, 0.4) is 0 Å². The van der Waals surface area contributed by atoms with Crippen molar-refractivity contribution in [2.24, 2.45) is 0 Å². The van der Waals surface area contributed by atoms with Crippen LogP contribution in [0.5, 0.6) is 0 Å². The lowest BCUT2D eigenvalue weighted by Crippen LogP contribution is -2.30. The Morgan fingerprint density at radius 2 is 1.80 bits per heavy atom. The first kappa shape index (κ1) is 22.5. The number of carboxylic acid groups (broad SMARTS) is 1. The zero-order valence-corrected chi connectivity index (χ0v) is 19.5. The molecule has 0 aliphatic carbocycles. The van der Waals surface area contributed by atoms with E-state index in [0.29, 0.717) is 6.42 Å². The highest BCUT2D eigenvalue weighted by Gasteiger charge is 2.20. The van der Waals surface area contributed by atoms with Gasteiger partial charge in [-0.15, -0.1) is 0 Å². The van der Waals surface area contributed by atoms with E-state index in [1.807, 2.05) is 60.9 Å². The number of hydrogen-bond acceptors (Lipinski definition) is 2. The predicted octanol–water partition coefficient (Wildman–Crippen LogP) is 5.42. The van der Waals surface area contributed by atoms with E-state index in [0.717, 1.165) is 44.1 Å². The molecule has 0 radical (unpaired) electrons. The van der Waals surface area contributed by atoms with Gasteiger partial charge in [-0.05, 0) is 53.8 Å². The summed E-state index contributed by atoms with van der Waals surface area (Å²) in [6.45, 7) is 2.08. The highest BCUT2D eigenvalue weighted by molar-refractivity contribution is 5.89. The number of amides is 1. The molecule has 176 valence electrons. The van der Waals surface area contributed by atoms with Gasteiger partial charge < -0.3 is 20.4 Å². The number of aryl methyl sites for hydroxylation is 2. The summed E-state index contributed by atoms with van der Waals surface area (Å²) in [6.07, 6.45) is 4.52. The molecule has 6 nitrogen and oxygen atoms in total. The van der Waals surface area contributed by atoms with E-state index in [1.54, 1.807) is 0 Å². The Bertz CT molecular complexity index is 1510. The molecule has 1 amide bonds. The lowest BCUT2D eigenvalue weighted by molar-refractivity contribution is -0.137. The Labute approximate surface area is 203 Å². The summed E-state index contributed by atoms with van der Waals surface area (Å²) in [5.74, 6) is -0.907. The summed E-state index contributed by atoms with van der Waals surface area (Å²) in [4.78, 5) is 30.8. The molecule has 6 heteroatoms. The maximum Gasteiger partial charge on any atom is 0.303 e. The van der Waals surface area contributed by atoms with Gasteiger partial charge in [0.15, 0.2) is 0 Å². The van der Waals surface area contributed by atoms with Crippen molar-refractivity contribution < 1.29 is 14.7 Å². The van der Waals surface area contributed by atoms with Gasteiger partial charge in [-0.1, -0.05) is 48.5 Å². The second kappa shape index (κ2) is 9.50. The number of rotatable bonds is 8. The van der Waals surface area contributed by atoms with E-state index in [-0.39, 0.29) is 24.8 Å². The SMILES string of the molecule is Cc1ccc(C(NC(=O)Cc2ccc3[nH]cc(CCC(=O)O)c3c2)c2ccccc2)c2[nH]ccc12. The molecule has 0 aliphatic heterocycles. The summed E-state index contributed by atoms with van der Waals surface area (Å²) >= 11 is 0. The number of hydrogen-bond donors (Lipinski definition) is 4. The molecule has 1 unspecified atom stereocenters. The second-order valence-electron chi connectivity index (χ2n) is 8.91. The van der Waals surface area contributed by atoms with Crippen molar-refractivity contribution >= 4 is 33.7 Å². The molecule has 2 heterocycles. The fourth-order valence-corrected chi connectivity index (χ4v) is 4.73. The van der Waals surface area contributed by atoms with Crippen molar-refractivity contribution in [2.75, 3.05) is 0 Å². The highest BCUT2D eigenvalue weighted by atomic mass is 16.4. The van der Waals surface area contributed by atoms with E-state index in [4.69, 9.17) is 5.11 Å². The van der Waals surface area contributed by atoms with Crippen LogP contribution in [0.2, 0.25) is 0 Å². The molecule has 0 spiro atoms. The molecule has 0 saturated heterocycles. The Morgan fingerprint density at radius 1 is 0.971 bits per heavy atom. The zero-order chi connectivity index (χ0) is 24.4. The van der Waals surface area contributed by atoms with Crippen LogP contribution in [0.25, 0.3) is 21.8 Å².